The summed E-state index contributed by atoms with van der Waals surface area (Å²) < 4.78 is 10.7. The lowest BCUT2D eigenvalue weighted by molar-refractivity contribution is 0.0556. The van der Waals surface area contributed by atoms with Crippen molar-refractivity contribution in [2.45, 2.75) is 0 Å². The molecule has 1 heterocycles. The number of furan rings is 1. The standard InChI is InChI=1S/C23H16O4/c1-2-15-26-23(25)19-10-6-9-18(16-19)22-14-12-20(27-22)11-13-21(24)17-7-4-3-5-8-17/h1,3-14,16H,15H2/b13-11+. The van der Waals surface area contributed by atoms with Crippen LogP contribution in [0.4, 0.5) is 0 Å². The van der Waals surface area contributed by atoms with Crippen LogP contribution in [0.2, 0.25) is 0 Å². The van der Waals surface area contributed by atoms with E-state index in [2.05, 4.69) is 5.92 Å². The van der Waals surface area contributed by atoms with E-state index in [1.807, 2.05) is 24.3 Å². The van der Waals surface area contributed by atoms with Gasteiger partial charge in [0, 0.05) is 11.1 Å². The number of rotatable bonds is 6. The van der Waals surface area contributed by atoms with E-state index in [0.29, 0.717) is 22.6 Å². The summed E-state index contributed by atoms with van der Waals surface area (Å²) in [6.45, 7) is -0.0752. The van der Waals surface area contributed by atoms with E-state index in [4.69, 9.17) is 15.6 Å². The maximum absolute atomic E-state index is 12.1. The average Bonchev–Trinajstić information content (AvgIpc) is 3.20. The molecule has 2 aromatic carbocycles. The number of terminal acetylenes is 1. The fourth-order valence-corrected chi connectivity index (χ4v) is 2.44. The van der Waals surface area contributed by atoms with E-state index < -0.39 is 5.97 Å². The highest BCUT2D eigenvalue weighted by molar-refractivity contribution is 6.06. The number of hydrogen-bond donors (Lipinski definition) is 0. The third kappa shape index (κ3) is 4.62. The van der Waals surface area contributed by atoms with Crippen molar-refractivity contribution in [3.05, 3.63) is 89.7 Å². The van der Waals surface area contributed by atoms with E-state index in [0.717, 1.165) is 5.56 Å². The summed E-state index contributed by atoms with van der Waals surface area (Å²) in [6, 6.07) is 19.4. The molecular formula is C23H16O4. The zero-order valence-corrected chi connectivity index (χ0v) is 14.4. The van der Waals surface area contributed by atoms with Gasteiger partial charge in [0.05, 0.1) is 5.56 Å². The summed E-state index contributed by atoms with van der Waals surface area (Å²) in [4.78, 5) is 24.0. The highest BCUT2D eigenvalue weighted by atomic mass is 16.5. The Bertz CT molecular complexity index is 1020. The van der Waals surface area contributed by atoms with Gasteiger partial charge in [-0.05, 0) is 36.4 Å². The van der Waals surface area contributed by atoms with E-state index in [-0.39, 0.29) is 12.4 Å². The Balaban J connectivity index is 1.74. The number of esters is 1. The fraction of sp³-hybridized carbons (Fsp3) is 0.0435. The second-order valence-electron chi connectivity index (χ2n) is 5.63. The molecule has 0 radical (unpaired) electrons. The van der Waals surface area contributed by atoms with Gasteiger partial charge in [-0.1, -0.05) is 48.4 Å². The molecule has 0 N–H and O–H groups in total. The second kappa shape index (κ2) is 8.50. The highest BCUT2D eigenvalue weighted by Gasteiger charge is 2.10. The van der Waals surface area contributed by atoms with Crippen molar-refractivity contribution in [1.82, 2.24) is 0 Å². The minimum atomic E-state index is -0.491. The van der Waals surface area contributed by atoms with Crippen LogP contribution >= 0.6 is 0 Å². The zero-order valence-electron chi connectivity index (χ0n) is 14.4. The Hall–Kier alpha value is -3.84. The zero-order chi connectivity index (χ0) is 19.1. The molecule has 4 heteroatoms. The lowest BCUT2D eigenvalue weighted by atomic mass is 10.1. The minimum Gasteiger partial charge on any atom is -0.457 e. The molecule has 0 fully saturated rings. The van der Waals surface area contributed by atoms with Crippen LogP contribution in [0.15, 0.2) is 77.2 Å². The molecule has 0 aliphatic heterocycles. The SMILES string of the molecule is C#CCOC(=O)c1cccc(-c2ccc(/C=C/C(=O)c3ccccc3)o2)c1. The van der Waals surface area contributed by atoms with Gasteiger partial charge < -0.3 is 9.15 Å². The summed E-state index contributed by atoms with van der Waals surface area (Å²) in [5.74, 6) is 2.77. The second-order valence-corrected chi connectivity index (χ2v) is 5.63. The van der Waals surface area contributed by atoms with Gasteiger partial charge in [0.1, 0.15) is 11.5 Å². The van der Waals surface area contributed by atoms with Gasteiger partial charge in [0.2, 0.25) is 0 Å². The van der Waals surface area contributed by atoms with Crippen LogP contribution in [-0.2, 0) is 4.74 Å². The summed E-state index contributed by atoms with van der Waals surface area (Å²) in [5.41, 5.74) is 1.72. The van der Waals surface area contributed by atoms with Crippen LogP contribution in [0, 0.1) is 12.3 Å². The predicted octanol–water partition coefficient (Wildman–Crippen LogP) is 4.63. The molecule has 27 heavy (non-hydrogen) atoms. The molecule has 0 aliphatic carbocycles. The molecule has 3 aromatic rings. The summed E-state index contributed by atoms with van der Waals surface area (Å²) in [5, 5.41) is 0. The molecule has 0 bridgehead atoms. The number of benzene rings is 2. The maximum Gasteiger partial charge on any atom is 0.339 e. The first kappa shape index (κ1) is 18.0. The van der Waals surface area contributed by atoms with Crippen LogP contribution in [0.1, 0.15) is 26.5 Å². The topological polar surface area (TPSA) is 56.5 Å². The Morgan fingerprint density at radius 2 is 1.78 bits per heavy atom. The van der Waals surface area contributed by atoms with Gasteiger partial charge in [-0.3, -0.25) is 4.79 Å². The van der Waals surface area contributed by atoms with Gasteiger partial charge in [-0.25, -0.2) is 4.79 Å². The van der Waals surface area contributed by atoms with Gasteiger partial charge in [-0.2, -0.15) is 0 Å². The lowest BCUT2D eigenvalue weighted by Crippen LogP contribution is -2.05. The molecule has 1 aromatic heterocycles. The molecular weight excluding hydrogens is 340 g/mol. The molecule has 0 unspecified atom stereocenters. The minimum absolute atomic E-state index is 0.0752. The van der Waals surface area contributed by atoms with Crippen molar-refractivity contribution in [3.63, 3.8) is 0 Å². The first-order valence-corrected chi connectivity index (χ1v) is 8.25. The monoisotopic (exact) mass is 356 g/mol. The van der Waals surface area contributed by atoms with E-state index >= 15 is 0 Å². The van der Waals surface area contributed by atoms with E-state index in [9.17, 15) is 9.59 Å². The number of ether oxygens (including phenoxy) is 1. The summed E-state index contributed by atoms with van der Waals surface area (Å²) >= 11 is 0. The van der Waals surface area contributed by atoms with Crippen molar-refractivity contribution in [1.29, 1.82) is 0 Å². The largest absolute Gasteiger partial charge is 0.457 e. The molecule has 0 saturated heterocycles. The lowest BCUT2D eigenvalue weighted by Gasteiger charge is -2.03. The van der Waals surface area contributed by atoms with E-state index in [1.54, 1.807) is 48.5 Å². The predicted molar refractivity (Wildman–Crippen MR) is 103 cm³/mol. The summed E-state index contributed by atoms with van der Waals surface area (Å²) in [6.07, 6.45) is 8.17. The average molecular weight is 356 g/mol. The number of carbonyl (C=O) groups is 2. The van der Waals surface area contributed by atoms with Crippen LogP contribution < -0.4 is 0 Å². The number of hydrogen-bond acceptors (Lipinski definition) is 4. The fourth-order valence-electron chi connectivity index (χ4n) is 2.44. The molecule has 0 spiro atoms. The van der Waals surface area contributed by atoms with Crippen molar-refractivity contribution < 1.29 is 18.7 Å². The Kier molecular flexibility index (Phi) is 5.66. The third-order valence-electron chi connectivity index (χ3n) is 3.75. The van der Waals surface area contributed by atoms with Crippen LogP contribution in [-0.4, -0.2) is 18.4 Å². The first-order chi connectivity index (χ1) is 13.2. The number of allylic oxidation sites excluding steroid dienone is 1. The maximum atomic E-state index is 12.1. The molecule has 0 aliphatic rings. The Morgan fingerprint density at radius 3 is 2.56 bits per heavy atom. The van der Waals surface area contributed by atoms with Crippen molar-refractivity contribution in [2.75, 3.05) is 6.61 Å². The molecule has 0 saturated carbocycles. The van der Waals surface area contributed by atoms with Crippen molar-refractivity contribution in [2.24, 2.45) is 0 Å². The quantitative estimate of drug-likeness (QED) is 0.280. The molecule has 3 rings (SSSR count). The van der Waals surface area contributed by atoms with Crippen molar-refractivity contribution in [3.8, 4) is 23.7 Å². The smallest absolute Gasteiger partial charge is 0.339 e. The normalized spacial score (nSPS) is 10.5. The van der Waals surface area contributed by atoms with Crippen molar-refractivity contribution >= 4 is 17.8 Å². The molecule has 132 valence electrons. The van der Waals surface area contributed by atoms with Gasteiger partial charge in [0.15, 0.2) is 12.4 Å². The third-order valence-corrected chi connectivity index (χ3v) is 3.75. The molecule has 0 atom stereocenters. The van der Waals surface area contributed by atoms with Gasteiger partial charge >= 0.3 is 5.97 Å². The molecule has 4 nitrogen and oxygen atoms in total. The number of carbonyl (C=O) groups excluding carboxylic acids is 2. The van der Waals surface area contributed by atoms with Gasteiger partial charge in [-0.15, -0.1) is 6.42 Å². The van der Waals surface area contributed by atoms with Crippen LogP contribution in [0.3, 0.4) is 0 Å². The van der Waals surface area contributed by atoms with E-state index in [1.165, 1.54) is 6.08 Å². The van der Waals surface area contributed by atoms with Crippen LogP contribution in [0.25, 0.3) is 17.4 Å². The highest BCUT2D eigenvalue weighted by Crippen LogP contribution is 2.24. The summed E-state index contributed by atoms with van der Waals surface area (Å²) in [7, 11) is 0. The number of ketones is 1. The first-order valence-electron chi connectivity index (χ1n) is 8.25. The van der Waals surface area contributed by atoms with Gasteiger partial charge in [0.25, 0.3) is 0 Å². The Morgan fingerprint density at radius 1 is 1.00 bits per heavy atom. The Labute approximate surface area is 157 Å². The van der Waals surface area contributed by atoms with Crippen LogP contribution in [0.5, 0.6) is 0 Å². The molecule has 0 amide bonds.